The molecule has 2 aliphatic heterocycles. The van der Waals surface area contributed by atoms with E-state index in [4.69, 9.17) is 9.47 Å². The van der Waals surface area contributed by atoms with Crippen LogP contribution in [0.5, 0.6) is 0 Å². The Morgan fingerprint density at radius 3 is 2.60 bits per heavy atom. The van der Waals surface area contributed by atoms with E-state index in [1.807, 2.05) is 6.92 Å². The summed E-state index contributed by atoms with van der Waals surface area (Å²) >= 11 is 0. The average molecular weight is 349 g/mol. The molecule has 2 fully saturated rings. The molecule has 3 heteroatoms. The second-order valence-corrected chi connectivity index (χ2v) is 8.99. The van der Waals surface area contributed by atoms with Crippen molar-refractivity contribution in [2.24, 2.45) is 11.3 Å². The molecule has 0 aliphatic carbocycles. The molecule has 2 heterocycles. The van der Waals surface area contributed by atoms with E-state index in [1.54, 1.807) is 6.08 Å². The predicted octanol–water partition coefficient (Wildman–Crippen LogP) is 5.59. The number of esters is 1. The van der Waals surface area contributed by atoms with E-state index in [1.165, 1.54) is 18.9 Å². The van der Waals surface area contributed by atoms with Crippen LogP contribution in [-0.2, 0) is 14.3 Å². The van der Waals surface area contributed by atoms with Crippen molar-refractivity contribution in [2.45, 2.75) is 97.4 Å². The maximum absolute atomic E-state index is 11.4. The Morgan fingerprint density at radius 1 is 1.36 bits per heavy atom. The van der Waals surface area contributed by atoms with Crippen LogP contribution in [0.2, 0.25) is 0 Å². The fraction of sp³-hybridized carbons (Fsp3) is 0.773. The standard InChI is InChI=1S/C22H36O3/c1-8-20(5,24-17(4)23)14-11-18-21(6,13-9-10-16(2)3)19-12-15-22(18,7)25-19/h8,10,18-19H,1,9,11-15H2,2-7H3/t18-,19+,20?,21-,22-/m0/s1. The van der Waals surface area contributed by atoms with Crippen LogP contribution in [0.15, 0.2) is 24.3 Å². The molecule has 3 nitrogen and oxygen atoms in total. The van der Waals surface area contributed by atoms with Crippen molar-refractivity contribution in [1.82, 2.24) is 0 Å². The molecule has 0 radical (unpaired) electrons. The lowest BCUT2D eigenvalue weighted by atomic mass is 9.59. The van der Waals surface area contributed by atoms with Gasteiger partial charge in [0.25, 0.3) is 0 Å². The molecule has 5 atom stereocenters. The van der Waals surface area contributed by atoms with E-state index >= 15 is 0 Å². The van der Waals surface area contributed by atoms with Gasteiger partial charge in [-0.25, -0.2) is 0 Å². The number of carbonyl (C=O) groups excluding carboxylic acids is 1. The van der Waals surface area contributed by atoms with E-state index in [2.05, 4.69) is 40.3 Å². The number of fused-ring (bicyclic) bond motifs is 2. The molecule has 0 N–H and O–H groups in total. The highest BCUT2D eigenvalue weighted by atomic mass is 16.6. The first-order valence-electron chi connectivity index (χ1n) is 9.69. The molecule has 0 aromatic rings. The van der Waals surface area contributed by atoms with Gasteiger partial charge < -0.3 is 9.47 Å². The molecule has 0 spiro atoms. The van der Waals surface area contributed by atoms with Crippen molar-refractivity contribution in [1.29, 1.82) is 0 Å². The number of rotatable bonds is 8. The summed E-state index contributed by atoms with van der Waals surface area (Å²) in [6.45, 7) is 16.3. The average Bonchev–Trinajstić information content (AvgIpc) is 2.97. The van der Waals surface area contributed by atoms with Crippen molar-refractivity contribution in [3.8, 4) is 0 Å². The van der Waals surface area contributed by atoms with Crippen molar-refractivity contribution in [3.05, 3.63) is 24.3 Å². The largest absolute Gasteiger partial charge is 0.455 e. The second-order valence-electron chi connectivity index (χ2n) is 8.99. The van der Waals surface area contributed by atoms with Gasteiger partial charge in [-0.1, -0.05) is 25.2 Å². The summed E-state index contributed by atoms with van der Waals surface area (Å²) < 4.78 is 12.0. The summed E-state index contributed by atoms with van der Waals surface area (Å²) in [6.07, 6.45) is 10.8. The Morgan fingerprint density at radius 2 is 2.04 bits per heavy atom. The molecule has 25 heavy (non-hydrogen) atoms. The van der Waals surface area contributed by atoms with Gasteiger partial charge in [-0.3, -0.25) is 4.79 Å². The normalized spacial score (nSPS) is 35.9. The van der Waals surface area contributed by atoms with E-state index in [0.29, 0.717) is 12.0 Å². The van der Waals surface area contributed by atoms with E-state index in [-0.39, 0.29) is 17.0 Å². The molecule has 142 valence electrons. The molecule has 2 bridgehead atoms. The summed E-state index contributed by atoms with van der Waals surface area (Å²) in [6, 6.07) is 0. The maximum Gasteiger partial charge on any atom is 0.303 e. The van der Waals surface area contributed by atoms with Gasteiger partial charge in [-0.2, -0.15) is 0 Å². The Hall–Kier alpha value is -1.09. The van der Waals surface area contributed by atoms with Gasteiger partial charge in [0.05, 0.1) is 11.7 Å². The van der Waals surface area contributed by atoms with Gasteiger partial charge in [-0.15, -0.1) is 0 Å². The zero-order valence-corrected chi connectivity index (χ0v) is 17.0. The SMILES string of the molecule is C=CC(C)(CC[C@H]1[C@](C)(CCC=C(C)C)[C@H]2CC[C@]1(C)O2)OC(C)=O. The first-order valence-corrected chi connectivity index (χ1v) is 9.69. The molecule has 1 unspecified atom stereocenters. The zero-order chi connectivity index (χ0) is 18.9. The minimum absolute atomic E-state index is 0.0390. The third-order valence-corrected chi connectivity index (χ3v) is 6.56. The van der Waals surface area contributed by atoms with Gasteiger partial charge in [0.1, 0.15) is 5.60 Å². The summed E-state index contributed by atoms with van der Waals surface area (Å²) in [5.41, 5.74) is 0.940. The predicted molar refractivity (Wildman–Crippen MR) is 102 cm³/mol. The lowest BCUT2D eigenvalue weighted by Gasteiger charge is -2.43. The first-order chi connectivity index (χ1) is 11.5. The van der Waals surface area contributed by atoms with Gasteiger partial charge >= 0.3 is 5.97 Å². The minimum Gasteiger partial charge on any atom is -0.455 e. The Balaban J connectivity index is 2.13. The fourth-order valence-corrected chi connectivity index (χ4v) is 5.10. The van der Waals surface area contributed by atoms with Crippen molar-refractivity contribution in [2.75, 3.05) is 0 Å². The number of allylic oxidation sites excluding steroid dienone is 2. The second kappa shape index (κ2) is 7.26. The number of hydrogen-bond donors (Lipinski definition) is 0. The Kier molecular flexibility index (Phi) is 5.88. The molecule has 0 saturated carbocycles. The highest BCUT2D eigenvalue weighted by molar-refractivity contribution is 5.66. The van der Waals surface area contributed by atoms with Crippen LogP contribution < -0.4 is 0 Å². The molecule has 0 aromatic carbocycles. The van der Waals surface area contributed by atoms with E-state index in [0.717, 1.165) is 32.1 Å². The van der Waals surface area contributed by atoms with Gasteiger partial charge in [0.15, 0.2) is 0 Å². The maximum atomic E-state index is 11.4. The minimum atomic E-state index is -0.592. The van der Waals surface area contributed by atoms with Crippen LogP contribution >= 0.6 is 0 Å². The van der Waals surface area contributed by atoms with Gasteiger partial charge in [0, 0.05) is 6.92 Å². The molecule has 0 amide bonds. The Bertz CT molecular complexity index is 547. The smallest absolute Gasteiger partial charge is 0.303 e. The molecule has 0 aromatic heterocycles. The topological polar surface area (TPSA) is 35.5 Å². The van der Waals surface area contributed by atoms with Crippen LogP contribution in [0, 0.1) is 11.3 Å². The van der Waals surface area contributed by atoms with Gasteiger partial charge in [0.2, 0.25) is 0 Å². The van der Waals surface area contributed by atoms with Crippen molar-refractivity contribution in [3.63, 3.8) is 0 Å². The molecule has 2 aliphatic rings. The van der Waals surface area contributed by atoms with Crippen LogP contribution in [-0.4, -0.2) is 23.3 Å². The van der Waals surface area contributed by atoms with Crippen LogP contribution in [0.3, 0.4) is 0 Å². The van der Waals surface area contributed by atoms with Crippen molar-refractivity contribution < 1.29 is 14.3 Å². The van der Waals surface area contributed by atoms with Crippen LogP contribution in [0.1, 0.15) is 80.1 Å². The first kappa shape index (κ1) is 20.2. The third-order valence-electron chi connectivity index (χ3n) is 6.56. The van der Waals surface area contributed by atoms with Crippen LogP contribution in [0.25, 0.3) is 0 Å². The molecular weight excluding hydrogens is 312 g/mol. The van der Waals surface area contributed by atoms with Crippen molar-refractivity contribution >= 4 is 5.97 Å². The number of ether oxygens (including phenoxy) is 2. The summed E-state index contributed by atoms with van der Waals surface area (Å²) in [4.78, 5) is 11.4. The highest BCUT2D eigenvalue weighted by Crippen LogP contribution is 2.61. The molecular formula is C22H36O3. The lowest BCUT2D eigenvalue weighted by molar-refractivity contribution is -0.152. The summed E-state index contributed by atoms with van der Waals surface area (Å²) in [5.74, 6) is 0.239. The van der Waals surface area contributed by atoms with Gasteiger partial charge in [-0.05, 0) is 83.6 Å². The summed E-state index contributed by atoms with van der Waals surface area (Å²) in [5, 5.41) is 0. The summed E-state index contributed by atoms with van der Waals surface area (Å²) in [7, 11) is 0. The quantitative estimate of drug-likeness (QED) is 0.423. The van der Waals surface area contributed by atoms with Crippen LogP contribution in [0.4, 0.5) is 0 Å². The number of hydrogen-bond acceptors (Lipinski definition) is 3. The zero-order valence-electron chi connectivity index (χ0n) is 17.0. The lowest BCUT2D eigenvalue weighted by Crippen LogP contribution is -2.43. The molecule has 2 saturated heterocycles. The number of carbonyl (C=O) groups is 1. The fourth-order valence-electron chi connectivity index (χ4n) is 5.10. The monoisotopic (exact) mass is 348 g/mol. The van der Waals surface area contributed by atoms with E-state index in [9.17, 15) is 4.79 Å². The molecule has 2 rings (SSSR count). The highest BCUT2D eigenvalue weighted by Gasteiger charge is 2.62. The third kappa shape index (κ3) is 4.19. The Labute approximate surface area is 153 Å². The van der Waals surface area contributed by atoms with E-state index < -0.39 is 5.60 Å².